The molecule has 1 N–H and O–H groups in total. The molecule has 17 heavy (non-hydrogen) atoms. The fourth-order valence-corrected chi connectivity index (χ4v) is 2.18. The van der Waals surface area contributed by atoms with E-state index in [1.54, 1.807) is 12.1 Å². The fraction of sp³-hybridized carbons (Fsp3) is 0.231. The molecule has 1 heterocycles. The number of rotatable bonds is 3. The zero-order valence-corrected chi connectivity index (χ0v) is 11.6. The maximum Gasteiger partial charge on any atom is 0.135 e. The van der Waals surface area contributed by atoms with Crippen molar-refractivity contribution in [3.8, 4) is 11.3 Å². The van der Waals surface area contributed by atoms with Gasteiger partial charge in [-0.15, -0.1) is 0 Å². The monoisotopic (exact) mass is 314 g/mol. The van der Waals surface area contributed by atoms with Crippen LogP contribution in [0.25, 0.3) is 11.3 Å². The molecule has 0 saturated carbocycles. The van der Waals surface area contributed by atoms with Crippen LogP contribution in [0, 0.1) is 0 Å². The van der Waals surface area contributed by atoms with Gasteiger partial charge in [-0.2, -0.15) is 0 Å². The van der Waals surface area contributed by atoms with E-state index in [2.05, 4.69) is 15.9 Å². The molecule has 0 spiro atoms. The number of halogens is 2. The zero-order chi connectivity index (χ0) is 12.4. The molecule has 1 atom stereocenters. The summed E-state index contributed by atoms with van der Waals surface area (Å²) in [5.74, 6) is 1.27. The van der Waals surface area contributed by atoms with E-state index in [9.17, 15) is 5.11 Å². The molecule has 1 aromatic carbocycles. The van der Waals surface area contributed by atoms with Crippen molar-refractivity contribution in [1.82, 2.24) is 0 Å². The van der Waals surface area contributed by atoms with E-state index < -0.39 is 6.10 Å². The summed E-state index contributed by atoms with van der Waals surface area (Å²) in [5, 5.41) is 10.3. The van der Waals surface area contributed by atoms with Gasteiger partial charge >= 0.3 is 0 Å². The van der Waals surface area contributed by atoms with E-state index >= 15 is 0 Å². The molecule has 2 aromatic rings. The van der Waals surface area contributed by atoms with Crippen molar-refractivity contribution in [2.24, 2.45) is 0 Å². The Hall–Kier alpha value is -0.770. The van der Waals surface area contributed by atoms with Gasteiger partial charge in [0.05, 0.1) is 0 Å². The average Bonchev–Trinajstić information content (AvgIpc) is 2.80. The molecule has 4 heteroatoms. The number of benzene rings is 1. The van der Waals surface area contributed by atoms with Gasteiger partial charge in [0.2, 0.25) is 0 Å². The maximum absolute atomic E-state index is 9.68. The molecule has 90 valence electrons. The first kappa shape index (κ1) is 12.7. The van der Waals surface area contributed by atoms with Crippen molar-refractivity contribution in [2.45, 2.75) is 19.4 Å². The lowest BCUT2D eigenvalue weighted by molar-refractivity contribution is 0.147. The average molecular weight is 316 g/mol. The molecule has 0 aliphatic carbocycles. The number of aliphatic hydroxyl groups is 1. The van der Waals surface area contributed by atoms with Crippen molar-refractivity contribution in [1.29, 1.82) is 0 Å². The van der Waals surface area contributed by atoms with Crippen LogP contribution in [0.1, 0.15) is 25.2 Å². The molecule has 2 rings (SSSR count). The van der Waals surface area contributed by atoms with E-state index in [0.717, 1.165) is 10.0 Å². The van der Waals surface area contributed by atoms with E-state index in [4.69, 9.17) is 16.0 Å². The molecule has 0 fully saturated rings. The van der Waals surface area contributed by atoms with Crippen LogP contribution in [0.5, 0.6) is 0 Å². The highest BCUT2D eigenvalue weighted by Gasteiger charge is 2.13. The topological polar surface area (TPSA) is 33.4 Å². The van der Waals surface area contributed by atoms with E-state index in [-0.39, 0.29) is 0 Å². The van der Waals surface area contributed by atoms with Gasteiger partial charge in [0.25, 0.3) is 0 Å². The first-order valence-electron chi connectivity index (χ1n) is 5.35. The molecule has 2 nitrogen and oxygen atoms in total. The summed E-state index contributed by atoms with van der Waals surface area (Å²) in [6.07, 6.45) is 0.0747. The van der Waals surface area contributed by atoms with E-state index in [1.807, 2.05) is 25.1 Å². The highest BCUT2D eigenvalue weighted by molar-refractivity contribution is 9.10. The highest BCUT2D eigenvalue weighted by atomic mass is 79.9. The van der Waals surface area contributed by atoms with Gasteiger partial charge in [0.1, 0.15) is 17.6 Å². The summed E-state index contributed by atoms with van der Waals surface area (Å²) in [6, 6.07) is 9.13. The number of hydrogen-bond donors (Lipinski definition) is 1. The first-order chi connectivity index (χ1) is 8.11. The second-order valence-electron chi connectivity index (χ2n) is 3.75. The fourth-order valence-electron chi connectivity index (χ4n) is 1.56. The Morgan fingerprint density at radius 1 is 1.35 bits per heavy atom. The highest BCUT2D eigenvalue weighted by Crippen LogP contribution is 2.33. The molecule has 1 aromatic heterocycles. The zero-order valence-electron chi connectivity index (χ0n) is 9.28. The molecule has 1 unspecified atom stereocenters. The van der Waals surface area contributed by atoms with E-state index in [1.165, 1.54) is 0 Å². The smallest absolute Gasteiger partial charge is 0.135 e. The normalized spacial score (nSPS) is 12.7. The van der Waals surface area contributed by atoms with Crippen molar-refractivity contribution < 1.29 is 9.52 Å². The van der Waals surface area contributed by atoms with Crippen LogP contribution in [0.2, 0.25) is 5.02 Å². The third-order valence-corrected chi connectivity index (χ3v) is 3.46. The van der Waals surface area contributed by atoms with Crippen LogP contribution >= 0.6 is 27.5 Å². The quantitative estimate of drug-likeness (QED) is 0.882. The minimum Gasteiger partial charge on any atom is -0.458 e. The van der Waals surface area contributed by atoms with Crippen molar-refractivity contribution in [2.75, 3.05) is 0 Å². The van der Waals surface area contributed by atoms with Crippen LogP contribution in [0.4, 0.5) is 0 Å². The van der Waals surface area contributed by atoms with Crippen molar-refractivity contribution in [3.05, 3.63) is 45.6 Å². The summed E-state index contributed by atoms with van der Waals surface area (Å²) >= 11 is 9.40. The summed E-state index contributed by atoms with van der Waals surface area (Å²) in [5.41, 5.74) is 0.882. The largest absolute Gasteiger partial charge is 0.458 e. The minimum absolute atomic E-state index is 0.554. The van der Waals surface area contributed by atoms with Crippen LogP contribution < -0.4 is 0 Å². The lowest BCUT2D eigenvalue weighted by Gasteiger charge is -2.04. The molecule has 0 bridgehead atoms. The summed E-state index contributed by atoms with van der Waals surface area (Å²) in [4.78, 5) is 0. The molecule has 0 radical (unpaired) electrons. The standard InChI is InChI=1S/C13H12BrClO2/c1-2-11(16)13-6-5-12(17-13)9-7-8(15)3-4-10(9)14/h3-7,11,16H,2H2,1H3. The SMILES string of the molecule is CCC(O)c1ccc(-c2cc(Cl)ccc2Br)o1. The molecule has 0 saturated heterocycles. The molecular formula is C13H12BrClO2. The van der Waals surface area contributed by atoms with Gasteiger partial charge in [0.15, 0.2) is 0 Å². The predicted octanol–water partition coefficient (Wildman–Crippen LogP) is 4.81. The number of aliphatic hydroxyl groups excluding tert-OH is 1. The Labute approximate surface area is 113 Å². The second kappa shape index (κ2) is 5.25. The van der Waals surface area contributed by atoms with Gasteiger partial charge in [-0.3, -0.25) is 0 Å². The van der Waals surface area contributed by atoms with Gasteiger partial charge in [-0.05, 0) is 36.8 Å². The lowest BCUT2D eigenvalue weighted by atomic mass is 10.2. The van der Waals surface area contributed by atoms with Gasteiger partial charge in [-0.1, -0.05) is 34.5 Å². The van der Waals surface area contributed by atoms with Crippen LogP contribution in [-0.2, 0) is 0 Å². The molecule has 0 aliphatic rings. The lowest BCUT2D eigenvalue weighted by Crippen LogP contribution is -1.91. The molecule has 0 aliphatic heterocycles. The maximum atomic E-state index is 9.68. The van der Waals surface area contributed by atoms with Gasteiger partial charge < -0.3 is 9.52 Å². The Morgan fingerprint density at radius 3 is 2.82 bits per heavy atom. The minimum atomic E-state index is -0.554. The first-order valence-corrected chi connectivity index (χ1v) is 6.52. The third-order valence-electron chi connectivity index (χ3n) is 2.54. The van der Waals surface area contributed by atoms with E-state index in [0.29, 0.717) is 23.0 Å². The summed E-state index contributed by atoms with van der Waals surface area (Å²) in [7, 11) is 0. The predicted molar refractivity (Wildman–Crippen MR) is 72.1 cm³/mol. The molecular weight excluding hydrogens is 303 g/mol. The summed E-state index contributed by atoms with van der Waals surface area (Å²) in [6.45, 7) is 1.90. The molecule has 0 amide bonds. The Bertz CT molecular complexity index is 522. The summed E-state index contributed by atoms with van der Waals surface area (Å²) < 4.78 is 6.53. The Morgan fingerprint density at radius 2 is 2.12 bits per heavy atom. The van der Waals surface area contributed by atoms with Gasteiger partial charge in [0, 0.05) is 15.1 Å². The third kappa shape index (κ3) is 2.73. The Kier molecular flexibility index (Phi) is 3.92. The second-order valence-corrected chi connectivity index (χ2v) is 5.04. The van der Waals surface area contributed by atoms with Crippen molar-refractivity contribution in [3.63, 3.8) is 0 Å². The van der Waals surface area contributed by atoms with Gasteiger partial charge in [-0.25, -0.2) is 0 Å². The number of furan rings is 1. The van der Waals surface area contributed by atoms with Crippen molar-refractivity contribution >= 4 is 27.5 Å². The van der Waals surface area contributed by atoms with Crippen LogP contribution in [0.3, 0.4) is 0 Å². The van der Waals surface area contributed by atoms with Crippen LogP contribution in [-0.4, -0.2) is 5.11 Å². The Balaban J connectivity index is 2.40. The number of hydrogen-bond acceptors (Lipinski definition) is 2. The van der Waals surface area contributed by atoms with Crippen LogP contribution in [0.15, 0.2) is 39.2 Å².